The standard InChI is InChI=1S/C19H32N4O3/c1-2-16(24)12-22-8-10-23(11-9-22)13-18-21-17(14-26-18)19(25)20-15-6-4-3-5-7-15/h14-16,24H,2-13H2,1H3,(H,20,25). The van der Waals surface area contributed by atoms with Crippen molar-refractivity contribution >= 4 is 5.91 Å². The number of carbonyl (C=O) groups excluding carboxylic acids is 1. The monoisotopic (exact) mass is 364 g/mol. The van der Waals surface area contributed by atoms with Crippen LogP contribution in [-0.4, -0.2) is 70.7 Å². The zero-order chi connectivity index (χ0) is 18.4. The Labute approximate surface area is 155 Å². The molecule has 0 radical (unpaired) electrons. The average molecular weight is 364 g/mol. The van der Waals surface area contributed by atoms with Gasteiger partial charge in [-0.1, -0.05) is 26.2 Å². The van der Waals surface area contributed by atoms with Crippen LogP contribution in [0.2, 0.25) is 0 Å². The number of aromatic nitrogens is 1. The molecule has 0 spiro atoms. The van der Waals surface area contributed by atoms with E-state index in [4.69, 9.17) is 4.42 Å². The van der Waals surface area contributed by atoms with E-state index in [0.29, 0.717) is 18.1 Å². The highest BCUT2D eigenvalue weighted by Gasteiger charge is 2.22. The molecule has 0 aromatic carbocycles. The maximum absolute atomic E-state index is 12.3. The van der Waals surface area contributed by atoms with E-state index in [1.807, 2.05) is 6.92 Å². The molecule has 1 atom stereocenters. The molecule has 7 nitrogen and oxygen atoms in total. The van der Waals surface area contributed by atoms with E-state index in [-0.39, 0.29) is 18.1 Å². The summed E-state index contributed by atoms with van der Waals surface area (Å²) in [6, 6.07) is 0.281. The lowest BCUT2D eigenvalue weighted by molar-refractivity contribution is 0.0658. The van der Waals surface area contributed by atoms with Crippen molar-refractivity contribution in [3.8, 4) is 0 Å². The maximum Gasteiger partial charge on any atom is 0.273 e. The summed E-state index contributed by atoms with van der Waals surface area (Å²) < 4.78 is 5.52. The van der Waals surface area contributed by atoms with Crippen molar-refractivity contribution in [1.29, 1.82) is 0 Å². The van der Waals surface area contributed by atoms with E-state index >= 15 is 0 Å². The first-order valence-corrected chi connectivity index (χ1v) is 10.0. The first kappa shape index (κ1) is 19.3. The lowest BCUT2D eigenvalue weighted by atomic mass is 9.95. The van der Waals surface area contributed by atoms with Crippen LogP contribution in [0.1, 0.15) is 61.8 Å². The molecular weight excluding hydrogens is 332 g/mol. The fourth-order valence-corrected chi connectivity index (χ4v) is 3.74. The minimum Gasteiger partial charge on any atom is -0.447 e. The van der Waals surface area contributed by atoms with Crippen molar-refractivity contribution < 1.29 is 14.3 Å². The van der Waals surface area contributed by atoms with Crippen LogP contribution in [0.15, 0.2) is 10.7 Å². The van der Waals surface area contributed by atoms with Crippen molar-refractivity contribution in [1.82, 2.24) is 20.1 Å². The molecule has 1 saturated heterocycles. The Morgan fingerprint density at radius 2 is 1.96 bits per heavy atom. The van der Waals surface area contributed by atoms with Gasteiger partial charge in [0.25, 0.3) is 5.91 Å². The topological polar surface area (TPSA) is 81.8 Å². The number of amides is 1. The van der Waals surface area contributed by atoms with E-state index in [1.54, 1.807) is 0 Å². The minimum absolute atomic E-state index is 0.120. The van der Waals surface area contributed by atoms with Crippen molar-refractivity contribution in [2.24, 2.45) is 0 Å². The number of aliphatic hydroxyl groups is 1. The van der Waals surface area contributed by atoms with Gasteiger partial charge in [0.1, 0.15) is 6.26 Å². The summed E-state index contributed by atoms with van der Waals surface area (Å²) in [5.41, 5.74) is 0.385. The number of carbonyl (C=O) groups is 1. The van der Waals surface area contributed by atoms with E-state index < -0.39 is 0 Å². The third-order valence-electron chi connectivity index (χ3n) is 5.49. The summed E-state index contributed by atoms with van der Waals surface area (Å²) in [7, 11) is 0. The van der Waals surface area contributed by atoms with E-state index in [1.165, 1.54) is 25.5 Å². The van der Waals surface area contributed by atoms with Gasteiger partial charge in [0.05, 0.1) is 12.6 Å². The van der Waals surface area contributed by atoms with Crippen LogP contribution in [0.25, 0.3) is 0 Å². The lowest BCUT2D eigenvalue weighted by Gasteiger charge is -2.34. The van der Waals surface area contributed by atoms with Crippen LogP contribution in [0, 0.1) is 0 Å². The van der Waals surface area contributed by atoms with E-state index in [2.05, 4.69) is 20.1 Å². The molecule has 1 aromatic heterocycles. The Morgan fingerprint density at radius 1 is 1.27 bits per heavy atom. The molecule has 2 N–H and O–H groups in total. The second-order valence-electron chi connectivity index (χ2n) is 7.57. The molecule has 3 rings (SSSR count). The normalized spacial score (nSPS) is 21.6. The fourth-order valence-electron chi connectivity index (χ4n) is 3.74. The van der Waals surface area contributed by atoms with E-state index in [9.17, 15) is 9.90 Å². The first-order chi connectivity index (χ1) is 12.6. The second kappa shape index (κ2) is 9.48. The predicted molar refractivity (Wildman–Crippen MR) is 98.9 cm³/mol. The van der Waals surface area contributed by atoms with Crippen molar-refractivity contribution in [3.05, 3.63) is 17.8 Å². The predicted octanol–water partition coefficient (Wildman–Crippen LogP) is 1.63. The molecule has 1 saturated carbocycles. The molecule has 2 heterocycles. The van der Waals surface area contributed by atoms with Gasteiger partial charge in [-0.3, -0.25) is 14.6 Å². The number of aliphatic hydroxyl groups excluding tert-OH is 1. The molecule has 2 aliphatic rings. The van der Waals surface area contributed by atoms with Crippen molar-refractivity contribution in [2.75, 3.05) is 32.7 Å². The summed E-state index contributed by atoms with van der Waals surface area (Å²) in [5.74, 6) is 0.478. The summed E-state index contributed by atoms with van der Waals surface area (Å²) >= 11 is 0. The average Bonchev–Trinajstić information content (AvgIpc) is 3.13. The Balaban J connectivity index is 1.43. The zero-order valence-electron chi connectivity index (χ0n) is 15.8. The van der Waals surface area contributed by atoms with Gasteiger partial charge in [-0.15, -0.1) is 0 Å². The lowest BCUT2D eigenvalue weighted by Crippen LogP contribution is -2.48. The van der Waals surface area contributed by atoms with Gasteiger partial charge in [0.15, 0.2) is 5.69 Å². The first-order valence-electron chi connectivity index (χ1n) is 10.0. The van der Waals surface area contributed by atoms with Crippen LogP contribution >= 0.6 is 0 Å². The molecular formula is C19H32N4O3. The molecule has 146 valence electrons. The Hall–Kier alpha value is -1.44. The fraction of sp³-hybridized carbons (Fsp3) is 0.789. The molecule has 1 aliphatic carbocycles. The van der Waals surface area contributed by atoms with Gasteiger partial charge in [0, 0.05) is 38.8 Å². The molecule has 1 amide bonds. The quantitative estimate of drug-likeness (QED) is 0.765. The third kappa shape index (κ3) is 5.53. The van der Waals surface area contributed by atoms with Gasteiger partial charge >= 0.3 is 0 Å². The van der Waals surface area contributed by atoms with Crippen LogP contribution in [0.3, 0.4) is 0 Å². The SMILES string of the molecule is CCC(O)CN1CCN(Cc2nc(C(=O)NC3CCCCC3)co2)CC1. The van der Waals surface area contributed by atoms with Gasteiger partial charge in [0.2, 0.25) is 5.89 Å². The summed E-state index contributed by atoms with van der Waals surface area (Å²) in [4.78, 5) is 21.3. The van der Waals surface area contributed by atoms with Crippen molar-refractivity contribution in [2.45, 2.75) is 64.1 Å². The second-order valence-corrected chi connectivity index (χ2v) is 7.57. The number of piperazine rings is 1. The highest BCUT2D eigenvalue weighted by atomic mass is 16.3. The van der Waals surface area contributed by atoms with Crippen LogP contribution < -0.4 is 5.32 Å². The molecule has 7 heteroatoms. The molecule has 2 fully saturated rings. The van der Waals surface area contributed by atoms with Gasteiger partial charge in [-0.05, 0) is 19.3 Å². The Kier molecular flexibility index (Phi) is 7.05. The minimum atomic E-state index is -0.237. The molecule has 26 heavy (non-hydrogen) atoms. The zero-order valence-corrected chi connectivity index (χ0v) is 15.8. The number of hydrogen-bond acceptors (Lipinski definition) is 6. The summed E-state index contributed by atoms with van der Waals surface area (Å²) in [6.45, 7) is 7.09. The van der Waals surface area contributed by atoms with Crippen LogP contribution in [0.4, 0.5) is 0 Å². The smallest absolute Gasteiger partial charge is 0.273 e. The highest BCUT2D eigenvalue weighted by Crippen LogP contribution is 2.18. The number of rotatable bonds is 7. The van der Waals surface area contributed by atoms with Gasteiger partial charge < -0.3 is 14.8 Å². The number of hydrogen-bond donors (Lipinski definition) is 2. The number of oxazole rings is 1. The number of β-amino-alcohol motifs (C(OH)–C–C–N with tert-alkyl or cyclic N) is 1. The highest BCUT2D eigenvalue weighted by molar-refractivity contribution is 5.92. The Bertz CT molecular complexity index is 563. The third-order valence-corrected chi connectivity index (χ3v) is 5.49. The largest absolute Gasteiger partial charge is 0.447 e. The Morgan fingerprint density at radius 3 is 2.65 bits per heavy atom. The molecule has 1 unspecified atom stereocenters. The van der Waals surface area contributed by atoms with Crippen molar-refractivity contribution in [3.63, 3.8) is 0 Å². The molecule has 1 aliphatic heterocycles. The van der Waals surface area contributed by atoms with Crippen LogP contribution in [0.5, 0.6) is 0 Å². The van der Waals surface area contributed by atoms with Gasteiger partial charge in [-0.25, -0.2) is 4.98 Å². The summed E-state index contributed by atoms with van der Waals surface area (Å²) in [5, 5.41) is 12.8. The van der Waals surface area contributed by atoms with Crippen LogP contribution in [-0.2, 0) is 6.54 Å². The number of nitrogens with one attached hydrogen (secondary N) is 1. The number of nitrogens with zero attached hydrogens (tertiary/aromatic N) is 3. The molecule has 0 bridgehead atoms. The molecule has 1 aromatic rings. The maximum atomic E-state index is 12.3. The summed E-state index contributed by atoms with van der Waals surface area (Å²) in [6.07, 6.45) is 7.81. The van der Waals surface area contributed by atoms with Gasteiger partial charge in [-0.2, -0.15) is 0 Å². The van der Waals surface area contributed by atoms with E-state index in [0.717, 1.165) is 52.0 Å².